The second-order valence-corrected chi connectivity index (χ2v) is 9.07. The minimum atomic E-state index is -4.30. The SMILES string of the molecule is C=C(Nc1cnc(OC)c(S(=O)(=O)Nc2cc(F)c(F)cc2C)c1)c1ncc(-c2ccccc2)o1. The van der Waals surface area contributed by atoms with Crippen LogP contribution in [0.4, 0.5) is 20.2 Å². The summed E-state index contributed by atoms with van der Waals surface area (Å²) in [6.45, 7) is 5.33. The molecule has 0 aliphatic rings. The molecule has 0 aliphatic heterocycles. The molecule has 4 aromatic rings. The van der Waals surface area contributed by atoms with Crippen LogP contribution in [0.25, 0.3) is 17.0 Å². The number of pyridine rings is 1. The Bertz CT molecular complexity index is 1510. The Kier molecular flexibility index (Phi) is 6.52. The molecule has 2 aromatic carbocycles. The summed E-state index contributed by atoms with van der Waals surface area (Å²) in [6, 6.07) is 12.3. The molecule has 0 saturated heterocycles. The van der Waals surface area contributed by atoms with Crippen molar-refractivity contribution in [3.63, 3.8) is 0 Å². The van der Waals surface area contributed by atoms with Gasteiger partial charge in [-0.05, 0) is 24.6 Å². The number of aromatic nitrogens is 2. The van der Waals surface area contributed by atoms with Crippen LogP contribution in [0, 0.1) is 18.6 Å². The molecule has 2 heterocycles. The van der Waals surface area contributed by atoms with Gasteiger partial charge in [-0.25, -0.2) is 27.2 Å². The fourth-order valence-electron chi connectivity index (χ4n) is 3.18. The predicted molar refractivity (Wildman–Crippen MR) is 127 cm³/mol. The van der Waals surface area contributed by atoms with Gasteiger partial charge in [-0.2, -0.15) is 0 Å². The summed E-state index contributed by atoms with van der Waals surface area (Å²) in [5.41, 5.74) is 1.41. The van der Waals surface area contributed by atoms with Crippen molar-refractivity contribution >= 4 is 27.1 Å². The Labute approximate surface area is 200 Å². The van der Waals surface area contributed by atoms with Gasteiger partial charge in [0, 0.05) is 11.6 Å². The third-order valence-corrected chi connectivity index (χ3v) is 6.29. The van der Waals surface area contributed by atoms with Gasteiger partial charge in [0.15, 0.2) is 22.3 Å². The zero-order valence-electron chi connectivity index (χ0n) is 18.7. The van der Waals surface area contributed by atoms with Crippen molar-refractivity contribution < 1.29 is 26.4 Å². The van der Waals surface area contributed by atoms with Crippen molar-refractivity contribution in [3.05, 3.63) is 90.6 Å². The van der Waals surface area contributed by atoms with Crippen LogP contribution < -0.4 is 14.8 Å². The maximum absolute atomic E-state index is 13.7. The van der Waals surface area contributed by atoms with Gasteiger partial charge in [-0.15, -0.1) is 0 Å². The van der Waals surface area contributed by atoms with Gasteiger partial charge in [0.1, 0.15) is 0 Å². The molecule has 4 rings (SSSR count). The fraction of sp³-hybridized carbons (Fsp3) is 0.0833. The van der Waals surface area contributed by atoms with Gasteiger partial charge in [0.05, 0.1) is 36.6 Å². The van der Waals surface area contributed by atoms with E-state index in [0.717, 1.165) is 17.7 Å². The monoisotopic (exact) mass is 498 g/mol. The Morgan fingerprint density at radius 1 is 1.06 bits per heavy atom. The standard InChI is InChI=1S/C24H20F2N4O4S/c1-14-9-18(25)19(26)11-20(14)30-35(31,32)22-10-17(12-27-24(22)33-3)29-15(2)23-28-13-21(34-23)16-7-5-4-6-8-16/h4-13,29-30H,2H2,1,3H3. The van der Waals surface area contributed by atoms with Crippen molar-refractivity contribution in [1.29, 1.82) is 0 Å². The van der Waals surface area contributed by atoms with E-state index in [0.29, 0.717) is 5.76 Å². The van der Waals surface area contributed by atoms with Crippen molar-refractivity contribution in [2.24, 2.45) is 0 Å². The second kappa shape index (κ2) is 9.55. The average molecular weight is 499 g/mol. The first-order valence-electron chi connectivity index (χ1n) is 10.2. The summed E-state index contributed by atoms with van der Waals surface area (Å²) < 4.78 is 66.3. The van der Waals surface area contributed by atoms with E-state index in [1.807, 2.05) is 30.3 Å². The molecule has 0 spiro atoms. The van der Waals surface area contributed by atoms with Gasteiger partial charge in [0.2, 0.25) is 11.8 Å². The molecule has 0 bridgehead atoms. The van der Waals surface area contributed by atoms with E-state index < -0.39 is 21.7 Å². The summed E-state index contributed by atoms with van der Waals surface area (Å²) in [5, 5.41) is 2.91. The Balaban J connectivity index is 1.60. The van der Waals surface area contributed by atoms with Crippen LogP contribution in [0.2, 0.25) is 0 Å². The Hall–Kier alpha value is -4.25. The number of hydrogen-bond donors (Lipinski definition) is 2. The lowest BCUT2D eigenvalue weighted by Crippen LogP contribution is -2.16. The number of nitrogens with one attached hydrogen (secondary N) is 2. The molecule has 2 N–H and O–H groups in total. The first kappa shape index (κ1) is 23.9. The molecule has 0 amide bonds. The summed E-state index contributed by atoms with van der Waals surface area (Å²) in [4.78, 5) is 7.90. The molecule has 8 nitrogen and oxygen atoms in total. The lowest BCUT2D eigenvalue weighted by atomic mass is 10.2. The fourth-order valence-corrected chi connectivity index (χ4v) is 4.45. The van der Waals surface area contributed by atoms with E-state index in [1.54, 1.807) is 6.20 Å². The lowest BCUT2D eigenvalue weighted by molar-refractivity contribution is 0.385. The van der Waals surface area contributed by atoms with Crippen LogP contribution >= 0.6 is 0 Å². The van der Waals surface area contributed by atoms with Gasteiger partial charge in [-0.1, -0.05) is 36.9 Å². The quantitative estimate of drug-likeness (QED) is 0.343. The number of benzene rings is 2. The predicted octanol–water partition coefficient (Wildman–Crippen LogP) is 5.22. The molecule has 0 aliphatic carbocycles. The first-order valence-corrected chi connectivity index (χ1v) is 11.7. The Morgan fingerprint density at radius 3 is 2.49 bits per heavy atom. The molecule has 0 unspecified atom stereocenters. The van der Waals surface area contributed by atoms with Crippen molar-refractivity contribution in [2.75, 3.05) is 17.1 Å². The van der Waals surface area contributed by atoms with E-state index >= 15 is 0 Å². The van der Waals surface area contributed by atoms with Crippen LogP contribution in [0.15, 0.2) is 76.8 Å². The highest BCUT2D eigenvalue weighted by molar-refractivity contribution is 7.92. The molecular formula is C24H20F2N4O4S. The van der Waals surface area contributed by atoms with E-state index in [9.17, 15) is 17.2 Å². The molecule has 11 heteroatoms. The molecule has 0 atom stereocenters. The normalized spacial score (nSPS) is 11.2. The molecule has 0 radical (unpaired) electrons. The number of rotatable bonds is 8. The summed E-state index contributed by atoms with van der Waals surface area (Å²) in [7, 11) is -3.04. The van der Waals surface area contributed by atoms with Crippen LogP contribution in [-0.4, -0.2) is 25.5 Å². The summed E-state index contributed by atoms with van der Waals surface area (Å²) in [5.74, 6) is -1.75. The molecule has 2 aromatic heterocycles. The number of oxazole rings is 1. The highest BCUT2D eigenvalue weighted by atomic mass is 32.2. The number of nitrogens with zero attached hydrogens (tertiary/aromatic N) is 2. The number of ether oxygens (including phenoxy) is 1. The minimum Gasteiger partial charge on any atom is -0.480 e. The van der Waals surface area contributed by atoms with E-state index in [1.165, 1.54) is 26.3 Å². The largest absolute Gasteiger partial charge is 0.480 e. The summed E-state index contributed by atoms with van der Waals surface area (Å²) >= 11 is 0. The van der Waals surface area contributed by atoms with Crippen LogP contribution in [0.1, 0.15) is 11.5 Å². The van der Waals surface area contributed by atoms with Gasteiger partial charge in [-0.3, -0.25) is 4.72 Å². The third kappa shape index (κ3) is 5.14. The zero-order valence-corrected chi connectivity index (χ0v) is 19.5. The topological polar surface area (TPSA) is 106 Å². The van der Waals surface area contributed by atoms with E-state index in [-0.39, 0.29) is 39.3 Å². The van der Waals surface area contributed by atoms with Crippen LogP contribution in [-0.2, 0) is 10.0 Å². The highest BCUT2D eigenvalue weighted by Crippen LogP contribution is 2.30. The van der Waals surface area contributed by atoms with Gasteiger partial charge in [0.25, 0.3) is 10.0 Å². The molecule has 180 valence electrons. The average Bonchev–Trinajstić information content (AvgIpc) is 3.34. The minimum absolute atomic E-state index is 0.123. The van der Waals surface area contributed by atoms with Gasteiger partial charge >= 0.3 is 0 Å². The number of methoxy groups -OCH3 is 1. The van der Waals surface area contributed by atoms with Gasteiger partial charge < -0.3 is 14.5 Å². The van der Waals surface area contributed by atoms with Crippen LogP contribution in [0.5, 0.6) is 5.88 Å². The lowest BCUT2D eigenvalue weighted by Gasteiger charge is -2.14. The van der Waals surface area contributed by atoms with E-state index in [4.69, 9.17) is 9.15 Å². The number of sulfonamides is 1. The smallest absolute Gasteiger partial charge is 0.267 e. The number of anilines is 2. The molecule has 0 fully saturated rings. The molecule has 35 heavy (non-hydrogen) atoms. The van der Waals surface area contributed by atoms with Crippen molar-refractivity contribution in [2.45, 2.75) is 11.8 Å². The number of halogens is 2. The number of aryl methyl sites for hydroxylation is 1. The van der Waals surface area contributed by atoms with Crippen LogP contribution in [0.3, 0.4) is 0 Å². The second-order valence-electron chi connectivity index (χ2n) is 7.42. The highest BCUT2D eigenvalue weighted by Gasteiger charge is 2.24. The first-order chi connectivity index (χ1) is 16.7. The summed E-state index contributed by atoms with van der Waals surface area (Å²) in [6.07, 6.45) is 2.89. The number of hydrogen-bond acceptors (Lipinski definition) is 7. The molecule has 0 saturated carbocycles. The third-order valence-electron chi connectivity index (χ3n) is 4.93. The Morgan fingerprint density at radius 2 is 1.77 bits per heavy atom. The molecular weight excluding hydrogens is 478 g/mol. The van der Waals surface area contributed by atoms with Crippen molar-refractivity contribution in [1.82, 2.24) is 9.97 Å². The zero-order chi connectivity index (χ0) is 25.2. The maximum Gasteiger partial charge on any atom is 0.267 e. The van der Waals surface area contributed by atoms with E-state index in [2.05, 4.69) is 26.6 Å². The van der Waals surface area contributed by atoms with Crippen molar-refractivity contribution in [3.8, 4) is 17.2 Å². The maximum atomic E-state index is 13.7.